The number of nitrogens with zero attached hydrogens (tertiary/aromatic N) is 4. The number of carbonyl (C=O) groups excluding carboxylic acids is 1. The van der Waals surface area contributed by atoms with Crippen LogP contribution in [-0.2, 0) is 11.3 Å². The second kappa shape index (κ2) is 10.0. The molecule has 2 aromatic carbocycles. The Bertz CT molecular complexity index is 1170. The van der Waals surface area contributed by atoms with Gasteiger partial charge in [0.15, 0.2) is 5.17 Å². The van der Waals surface area contributed by atoms with Crippen molar-refractivity contribution in [1.82, 2.24) is 4.90 Å². The van der Waals surface area contributed by atoms with Crippen LogP contribution < -0.4 is 4.90 Å². The number of rotatable bonds is 6. The summed E-state index contributed by atoms with van der Waals surface area (Å²) >= 11 is 4.72. The number of hydrogen-bond donors (Lipinski definition) is 0. The average Bonchev–Trinajstić information content (AvgIpc) is 3.40. The van der Waals surface area contributed by atoms with Crippen LogP contribution in [0.3, 0.4) is 0 Å². The zero-order chi connectivity index (χ0) is 22.5. The number of amidine groups is 1. The Labute approximate surface area is 199 Å². The van der Waals surface area contributed by atoms with Gasteiger partial charge in [0.05, 0.1) is 23.9 Å². The van der Waals surface area contributed by atoms with Gasteiger partial charge in [0.25, 0.3) is 5.91 Å². The summed E-state index contributed by atoms with van der Waals surface area (Å²) in [5, 5.41) is 9.06. The maximum Gasteiger partial charge on any atom is 0.267 e. The fourth-order valence-electron chi connectivity index (χ4n) is 2.99. The molecule has 0 atom stereocenters. The highest BCUT2D eigenvalue weighted by Crippen LogP contribution is 2.34. The lowest BCUT2D eigenvalue weighted by atomic mass is 10.2. The molecule has 1 aliphatic rings. The lowest BCUT2D eigenvalue weighted by molar-refractivity contribution is -0.122. The summed E-state index contributed by atoms with van der Waals surface area (Å²) in [5.74, 6) is 0.556. The van der Waals surface area contributed by atoms with Gasteiger partial charge < -0.3 is 9.32 Å². The molecule has 0 N–H and O–H groups in total. The molecule has 1 fully saturated rings. The van der Waals surface area contributed by atoms with Crippen LogP contribution in [0, 0.1) is 0 Å². The standard InChI is InChI=1S/C24H21BrN4O2S/c1-28(2)20-11-7-17(8-12-20)14-22-23(30)29(16-21-4-3-13-31-21)24(32-22)27-26-15-18-5-9-19(25)10-6-18/h3-15H,16H2,1-2H3/b22-14-,26-15-,27-24+. The fraction of sp³-hybridized carbons (Fsp3) is 0.125. The zero-order valence-electron chi connectivity index (χ0n) is 17.6. The molecule has 4 rings (SSSR count). The first-order chi connectivity index (χ1) is 15.5. The number of amides is 1. The SMILES string of the molecule is CN(C)c1ccc(/C=C2\S/C(=N/N=C\c3ccc(Br)cc3)N(Cc3ccco3)C2=O)cc1. The minimum Gasteiger partial charge on any atom is -0.467 e. The van der Waals surface area contributed by atoms with Crippen LogP contribution in [-0.4, -0.2) is 36.3 Å². The summed E-state index contributed by atoms with van der Waals surface area (Å²) in [6.45, 7) is 0.294. The van der Waals surface area contributed by atoms with Crippen molar-refractivity contribution in [3.05, 3.63) is 93.2 Å². The Morgan fingerprint density at radius 3 is 2.44 bits per heavy atom. The Morgan fingerprint density at radius 1 is 1.06 bits per heavy atom. The maximum absolute atomic E-state index is 13.1. The first-order valence-corrected chi connectivity index (χ1v) is 11.5. The number of furan rings is 1. The largest absolute Gasteiger partial charge is 0.467 e. The first-order valence-electron chi connectivity index (χ1n) is 9.87. The number of thioether (sulfide) groups is 1. The molecular weight excluding hydrogens is 488 g/mol. The molecule has 1 saturated heterocycles. The van der Waals surface area contributed by atoms with Crippen molar-refractivity contribution in [3.63, 3.8) is 0 Å². The van der Waals surface area contributed by atoms with E-state index in [4.69, 9.17) is 4.42 Å². The van der Waals surface area contributed by atoms with E-state index in [2.05, 4.69) is 26.1 Å². The van der Waals surface area contributed by atoms with Gasteiger partial charge >= 0.3 is 0 Å². The summed E-state index contributed by atoms with van der Waals surface area (Å²) < 4.78 is 6.44. The second-order valence-corrected chi connectivity index (χ2v) is 9.17. The maximum atomic E-state index is 13.1. The highest BCUT2D eigenvalue weighted by Gasteiger charge is 2.34. The van der Waals surface area contributed by atoms with Crippen LogP contribution in [0.5, 0.6) is 0 Å². The number of hydrogen-bond acceptors (Lipinski definition) is 6. The molecule has 162 valence electrons. The van der Waals surface area contributed by atoms with Crippen LogP contribution in [0.25, 0.3) is 6.08 Å². The number of halogens is 1. The molecule has 2 heterocycles. The summed E-state index contributed by atoms with van der Waals surface area (Å²) in [5.41, 5.74) is 2.96. The molecule has 0 radical (unpaired) electrons. The minimum absolute atomic E-state index is 0.124. The molecular formula is C24H21BrN4O2S. The third kappa shape index (κ3) is 5.38. The normalized spacial score (nSPS) is 16.6. The van der Waals surface area contributed by atoms with E-state index < -0.39 is 0 Å². The van der Waals surface area contributed by atoms with E-state index in [-0.39, 0.29) is 5.91 Å². The molecule has 8 heteroatoms. The molecule has 0 bridgehead atoms. The lowest BCUT2D eigenvalue weighted by Gasteiger charge is -2.12. The van der Waals surface area contributed by atoms with Gasteiger partial charge in [-0.1, -0.05) is 40.2 Å². The van der Waals surface area contributed by atoms with E-state index in [9.17, 15) is 4.79 Å². The van der Waals surface area contributed by atoms with Crippen LogP contribution in [0.15, 0.2) is 90.9 Å². The third-order valence-electron chi connectivity index (χ3n) is 4.71. The van der Waals surface area contributed by atoms with Crippen molar-refractivity contribution < 1.29 is 9.21 Å². The molecule has 3 aromatic rings. The van der Waals surface area contributed by atoms with Crippen LogP contribution in [0.4, 0.5) is 5.69 Å². The molecule has 1 aromatic heterocycles. The smallest absolute Gasteiger partial charge is 0.267 e. The van der Waals surface area contributed by atoms with Crippen LogP contribution in [0.2, 0.25) is 0 Å². The highest BCUT2D eigenvalue weighted by atomic mass is 79.9. The van der Waals surface area contributed by atoms with Crippen molar-refractivity contribution in [2.24, 2.45) is 10.2 Å². The monoisotopic (exact) mass is 508 g/mol. The zero-order valence-corrected chi connectivity index (χ0v) is 20.0. The predicted molar refractivity (Wildman–Crippen MR) is 135 cm³/mol. The molecule has 0 aliphatic carbocycles. The molecule has 0 unspecified atom stereocenters. The van der Waals surface area contributed by atoms with Crippen molar-refractivity contribution in [2.75, 3.05) is 19.0 Å². The molecule has 0 saturated carbocycles. The van der Waals surface area contributed by atoms with Gasteiger partial charge in [0, 0.05) is 24.3 Å². The first kappa shape index (κ1) is 22.1. The van der Waals surface area contributed by atoms with E-state index in [1.807, 2.05) is 79.7 Å². The van der Waals surface area contributed by atoms with Crippen LogP contribution in [0.1, 0.15) is 16.9 Å². The van der Waals surface area contributed by atoms with Crippen molar-refractivity contribution in [3.8, 4) is 0 Å². The molecule has 6 nitrogen and oxygen atoms in total. The number of benzene rings is 2. The van der Waals surface area contributed by atoms with Crippen LogP contribution >= 0.6 is 27.7 Å². The molecule has 1 amide bonds. The quantitative estimate of drug-likeness (QED) is 0.246. The average molecular weight is 509 g/mol. The number of carbonyl (C=O) groups is 1. The second-order valence-electron chi connectivity index (χ2n) is 7.25. The van der Waals surface area contributed by atoms with Crippen molar-refractivity contribution in [1.29, 1.82) is 0 Å². The molecule has 0 spiro atoms. The number of anilines is 1. The fourth-order valence-corrected chi connectivity index (χ4v) is 4.19. The van der Waals surface area contributed by atoms with Gasteiger partial charge in [-0.2, -0.15) is 5.10 Å². The van der Waals surface area contributed by atoms with Gasteiger partial charge in [-0.25, -0.2) is 0 Å². The van der Waals surface area contributed by atoms with Gasteiger partial charge in [-0.15, -0.1) is 5.10 Å². The highest BCUT2D eigenvalue weighted by molar-refractivity contribution is 9.10. The Balaban J connectivity index is 1.59. The summed E-state index contributed by atoms with van der Waals surface area (Å²) in [4.78, 5) is 17.4. The topological polar surface area (TPSA) is 61.4 Å². The van der Waals surface area contributed by atoms with E-state index in [0.717, 1.165) is 21.3 Å². The van der Waals surface area contributed by atoms with E-state index >= 15 is 0 Å². The predicted octanol–water partition coefficient (Wildman–Crippen LogP) is 5.61. The Hall–Kier alpha value is -3.10. The van der Waals surface area contributed by atoms with Gasteiger partial charge in [0.2, 0.25) is 0 Å². The van der Waals surface area contributed by atoms with Gasteiger partial charge in [-0.05, 0) is 65.4 Å². The summed E-state index contributed by atoms with van der Waals surface area (Å²) in [7, 11) is 3.99. The summed E-state index contributed by atoms with van der Waals surface area (Å²) in [6, 6.07) is 19.4. The Kier molecular flexibility index (Phi) is 6.92. The third-order valence-corrected chi connectivity index (χ3v) is 6.24. The van der Waals surface area contributed by atoms with Gasteiger partial charge in [0.1, 0.15) is 5.76 Å². The lowest BCUT2D eigenvalue weighted by Crippen LogP contribution is -2.28. The van der Waals surface area contributed by atoms with Crippen molar-refractivity contribution >= 4 is 56.7 Å². The van der Waals surface area contributed by atoms with E-state index in [0.29, 0.717) is 22.4 Å². The molecule has 1 aliphatic heterocycles. The van der Waals surface area contributed by atoms with Crippen molar-refractivity contribution in [2.45, 2.75) is 6.54 Å². The van der Waals surface area contributed by atoms with Gasteiger partial charge in [-0.3, -0.25) is 9.69 Å². The van der Waals surface area contributed by atoms with E-state index in [1.165, 1.54) is 11.8 Å². The summed E-state index contributed by atoms with van der Waals surface area (Å²) in [6.07, 6.45) is 5.13. The van der Waals surface area contributed by atoms with E-state index in [1.54, 1.807) is 23.4 Å². The Morgan fingerprint density at radius 2 is 1.78 bits per heavy atom. The minimum atomic E-state index is -0.124. The molecule has 32 heavy (non-hydrogen) atoms.